The van der Waals surface area contributed by atoms with Crippen LogP contribution in [0.15, 0.2) is 23.8 Å². The largest absolute Gasteiger partial charge is 0.364 e. The molecule has 3 rings (SSSR count). The van der Waals surface area contributed by atoms with Gasteiger partial charge in [-0.15, -0.1) is 0 Å². The van der Waals surface area contributed by atoms with Crippen molar-refractivity contribution in [3.05, 3.63) is 23.8 Å². The molecule has 2 fully saturated rings. The normalized spacial score (nSPS) is 43.5. The first kappa shape index (κ1) is 16.6. The summed E-state index contributed by atoms with van der Waals surface area (Å²) < 4.78 is 6.26. The molecule has 126 valence electrons. The van der Waals surface area contributed by atoms with E-state index in [1.165, 1.54) is 5.57 Å². The van der Waals surface area contributed by atoms with Gasteiger partial charge < -0.3 is 4.74 Å². The number of hydrogen-bond acceptors (Lipinski definition) is 3. The zero-order valence-electron chi connectivity index (χ0n) is 14.8. The molecular formula is C20H28O3. The lowest BCUT2D eigenvalue weighted by Crippen LogP contribution is -2.41. The molecule has 1 heterocycles. The van der Waals surface area contributed by atoms with E-state index in [-0.39, 0.29) is 29.5 Å². The Kier molecular flexibility index (Phi) is 3.91. The van der Waals surface area contributed by atoms with E-state index >= 15 is 0 Å². The number of Topliss-reactive ketones (excluding diaryl/α,β-unsaturated/α-hetero) is 2. The van der Waals surface area contributed by atoms with Crippen molar-refractivity contribution in [1.82, 2.24) is 0 Å². The maximum absolute atomic E-state index is 12.7. The Morgan fingerprint density at radius 1 is 1.30 bits per heavy atom. The third kappa shape index (κ3) is 2.44. The molecule has 0 aromatic heterocycles. The Morgan fingerprint density at radius 3 is 2.65 bits per heavy atom. The van der Waals surface area contributed by atoms with Gasteiger partial charge in [0.25, 0.3) is 0 Å². The van der Waals surface area contributed by atoms with Gasteiger partial charge in [0.05, 0.1) is 12.0 Å². The molecule has 0 N–H and O–H groups in total. The highest BCUT2D eigenvalue weighted by atomic mass is 16.6. The number of carbonyl (C=O) groups excluding carboxylic acids is 2. The molecule has 23 heavy (non-hydrogen) atoms. The van der Waals surface area contributed by atoms with Gasteiger partial charge in [-0.05, 0) is 37.7 Å². The van der Waals surface area contributed by atoms with Crippen LogP contribution >= 0.6 is 0 Å². The lowest BCUT2D eigenvalue weighted by atomic mass is 9.68. The van der Waals surface area contributed by atoms with E-state index in [1.54, 1.807) is 0 Å². The quantitative estimate of drug-likeness (QED) is 0.417. The minimum atomic E-state index is -0.451. The van der Waals surface area contributed by atoms with Crippen molar-refractivity contribution in [3.63, 3.8) is 0 Å². The summed E-state index contributed by atoms with van der Waals surface area (Å²) in [4.78, 5) is 25.4. The fourth-order valence-electron chi connectivity index (χ4n) is 5.00. The van der Waals surface area contributed by atoms with Crippen molar-refractivity contribution in [2.45, 2.75) is 71.5 Å². The lowest BCUT2D eigenvalue weighted by molar-refractivity contribution is -0.122. The molecule has 0 aromatic carbocycles. The molecule has 1 aliphatic heterocycles. The molecule has 4 atom stereocenters. The lowest BCUT2D eigenvalue weighted by Gasteiger charge is -2.32. The zero-order chi connectivity index (χ0) is 17.0. The van der Waals surface area contributed by atoms with Crippen molar-refractivity contribution in [2.24, 2.45) is 17.3 Å². The summed E-state index contributed by atoms with van der Waals surface area (Å²) in [5, 5.41) is 0. The first-order chi connectivity index (χ1) is 10.7. The van der Waals surface area contributed by atoms with Crippen LogP contribution in [0.5, 0.6) is 0 Å². The van der Waals surface area contributed by atoms with Crippen LogP contribution in [0.25, 0.3) is 0 Å². The highest BCUT2D eigenvalue weighted by molar-refractivity contribution is 5.97. The van der Waals surface area contributed by atoms with Crippen LogP contribution in [-0.2, 0) is 14.3 Å². The minimum Gasteiger partial charge on any atom is -0.364 e. The monoisotopic (exact) mass is 316 g/mol. The Balaban J connectivity index is 2.03. The maximum Gasteiger partial charge on any atom is 0.158 e. The van der Waals surface area contributed by atoms with Crippen molar-refractivity contribution in [1.29, 1.82) is 0 Å². The van der Waals surface area contributed by atoms with Crippen molar-refractivity contribution < 1.29 is 14.3 Å². The van der Waals surface area contributed by atoms with Crippen LogP contribution in [0.3, 0.4) is 0 Å². The third-order valence-corrected chi connectivity index (χ3v) is 6.13. The molecule has 0 amide bonds. The van der Waals surface area contributed by atoms with Crippen LogP contribution in [0, 0.1) is 17.3 Å². The highest BCUT2D eigenvalue weighted by Crippen LogP contribution is 2.66. The van der Waals surface area contributed by atoms with Crippen LogP contribution in [0.1, 0.15) is 59.8 Å². The number of ether oxygens (including phenoxy) is 1. The predicted molar refractivity (Wildman–Crippen MR) is 90.0 cm³/mol. The first-order valence-electron chi connectivity index (χ1n) is 8.78. The number of rotatable bonds is 1. The second-order valence-corrected chi connectivity index (χ2v) is 8.32. The standard InChI is InChI=1S/C20H28O3/c1-12(2)18-16(22)11-19(5)10-15(21)14(4)8-6-7-13(3)9-17-20(18,19)23-17/h7,12,17-18H,4,6,8-11H2,1-3,5H3/b13-7+/t17-,18+,19+,20-/m1/s1. The molecule has 2 aliphatic carbocycles. The average molecular weight is 316 g/mol. The number of hydrogen-bond donors (Lipinski definition) is 0. The van der Waals surface area contributed by atoms with Gasteiger partial charge in [-0.2, -0.15) is 0 Å². The summed E-state index contributed by atoms with van der Waals surface area (Å²) in [7, 11) is 0. The smallest absolute Gasteiger partial charge is 0.158 e. The van der Waals surface area contributed by atoms with Gasteiger partial charge in [0.2, 0.25) is 0 Å². The van der Waals surface area contributed by atoms with Gasteiger partial charge in [-0.1, -0.05) is 39.0 Å². The summed E-state index contributed by atoms with van der Waals surface area (Å²) in [6.07, 6.45) is 5.54. The molecule has 0 radical (unpaired) electrons. The molecule has 0 unspecified atom stereocenters. The van der Waals surface area contributed by atoms with Gasteiger partial charge in [0, 0.05) is 18.3 Å². The summed E-state index contributed by atoms with van der Waals surface area (Å²) in [6.45, 7) is 12.4. The first-order valence-corrected chi connectivity index (χ1v) is 8.78. The molecule has 3 heteroatoms. The van der Waals surface area contributed by atoms with E-state index in [0.717, 1.165) is 12.8 Å². The van der Waals surface area contributed by atoms with Gasteiger partial charge in [-0.25, -0.2) is 0 Å². The van der Waals surface area contributed by atoms with Gasteiger partial charge in [0.15, 0.2) is 5.78 Å². The van der Waals surface area contributed by atoms with Crippen LogP contribution in [-0.4, -0.2) is 23.3 Å². The SMILES string of the molecule is C=C1CC/C=C(\C)C[C@H]2O[C@@]23[C@@H](C(C)C)C(=O)C[C@]3(C)CC1=O. The number of carbonyl (C=O) groups is 2. The number of ketones is 2. The van der Waals surface area contributed by atoms with Gasteiger partial charge >= 0.3 is 0 Å². The second-order valence-electron chi connectivity index (χ2n) is 8.32. The molecule has 3 aliphatic rings. The summed E-state index contributed by atoms with van der Waals surface area (Å²) in [5.74, 6) is 0.516. The number of epoxide rings is 1. The topological polar surface area (TPSA) is 46.7 Å². The molecule has 1 saturated carbocycles. The van der Waals surface area contributed by atoms with Crippen molar-refractivity contribution in [2.75, 3.05) is 0 Å². The average Bonchev–Trinajstić information content (AvgIpc) is 3.06. The molecule has 0 bridgehead atoms. The molecule has 3 nitrogen and oxygen atoms in total. The van der Waals surface area contributed by atoms with Crippen molar-refractivity contribution in [3.8, 4) is 0 Å². The molecule has 0 aromatic rings. The Labute approximate surface area is 139 Å². The van der Waals surface area contributed by atoms with Crippen LogP contribution in [0.4, 0.5) is 0 Å². The molecule has 1 saturated heterocycles. The minimum absolute atomic E-state index is 0.0711. The van der Waals surface area contributed by atoms with E-state index < -0.39 is 11.0 Å². The van der Waals surface area contributed by atoms with Crippen LogP contribution < -0.4 is 0 Å². The molecular weight excluding hydrogens is 288 g/mol. The fraction of sp³-hybridized carbons (Fsp3) is 0.700. The summed E-state index contributed by atoms with van der Waals surface area (Å²) in [6, 6.07) is 0. The predicted octanol–water partition coefficient (Wildman–Crippen LogP) is 4.02. The Bertz CT molecular complexity index is 600. The van der Waals surface area contributed by atoms with Crippen LogP contribution in [0.2, 0.25) is 0 Å². The van der Waals surface area contributed by atoms with Gasteiger partial charge in [-0.3, -0.25) is 9.59 Å². The Morgan fingerprint density at radius 2 is 2.00 bits per heavy atom. The maximum atomic E-state index is 12.7. The van der Waals surface area contributed by atoms with E-state index in [4.69, 9.17) is 4.74 Å². The van der Waals surface area contributed by atoms with E-state index in [2.05, 4.69) is 40.3 Å². The second kappa shape index (κ2) is 5.41. The number of allylic oxidation sites excluding steroid dienone is 2. The third-order valence-electron chi connectivity index (χ3n) is 6.13. The molecule has 1 spiro atoms. The summed E-state index contributed by atoms with van der Waals surface area (Å²) >= 11 is 0. The van der Waals surface area contributed by atoms with E-state index in [9.17, 15) is 9.59 Å². The van der Waals surface area contributed by atoms with Crippen molar-refractivity contribution >= 4 is 11.6 Å². The Hall–Kier alpha value is -1.22. The summed E-state index contributed by atoms with van der Waals surface area (Å²) in [5.41, 5.74) is 1.13. The van der Waals surface area contributed by atoms with E-state index in [0.29, 0.717) is 24.8 Å². The van der Waals surface area contributed by atoms with E-state index in [1.807, 2.05) is 0 Å². The van der Waals surface area contributed by atoms with Gasteiger partial charge in [0.1, 0.15) is 11.4 Å². The highest BCUT2D eigenvalue weighted by Gasteiger charge is 2.76. The zero-order valence-corrected chi connectivity index (χ0v) is 14.8. The fourth-order valence-corrected chi connectivity index (χ4v) is 5.00.